The van der Waals surface area contributed by atoms with Gasteiger partial charge in [-0.2, -0.15) is 20.5 Å². The summed E-state index contributed by atoms with van der Waals surface area (Å²) in [6.45, 7) is 0.577. The second-order valence-electron chi connectivity index (χ2n) is 5.43. The molecule has 8 heteroatoms. The van der Waals surface area contributed by atoms with E-state index in [9.17, 15) is 5.11 Å². The van der Waals surface area contributed by atoms with Crippen LogP contribution in [-0.4, -0.2) is 41.9 Å². The molecule has 0 fully saturated rings. The number of aromatic amines is 1. The van der Waals surface area contributed by atoms with Crippen LogP contribution in [0.3, 0.4) is 0 Å². The van der Waals surface area contributed by atoms with Crippen LogP contribution >= 0.6 is 0 Å². The van der Waals surface area contributed by atoms with Gasteiger partial charge in [0.1, 0.15) is 23.4 Å². The van der Waals surface area contributed by atoms with Crippen molar-refractivity contribution in [2.45, 2.75) is 13.2 Å². The number of rotatable bonds is 6. The molecule has 4 aromatic rings. The number of aromatic nitrogens is 6. The van der Waals surface area contributed by atoms with Crippen LogP contribution < -0.4 is 4.74 Å². The van der Waals surface area contributed by atoms with Crippen molar-refractivity contribution in [2.75, 3.05) is 6.61 Å². The highest BCUT2D eigenvalue weighted by molar-refractivity contribution is 5.79. The van der Waals surface area contributed by atoms with Gasteiger partial charge in [-0.25, -0.2) is 9.67 Å². The van der Waals surface area contributed by atoms with Crippen LogP contribution in [0.4, 0.5) is 0 Å². The molecular weight excluding hydrogens is 320 g/mol. The van der Waals surface area contributed by atoms with E-state index >= 15 is 0 Å². The number of hydrogen-bond donors (Lipinski definition) is 2. The summed E-state index contributed by atoms with van der Waals surface area (Å²) >= 11 is 0. The van der Waals surface area contributed by atoms with E-state index in [0.717, 1.165) is 22.3 Å². The number of aliphatic hydroxyl groups is 1. The summed E-state index contributed by atoms with van der Waals surface area (Å²) in [6, 6.07) is 15.2. The predicted octanol–water partition coefficient (Wildman–Crippen LogP) is 1.79. The number of aliphatic hydroxyl groups excluding tert-OH is 1. The van der Waals surface area contributed by atoms with Gasteiger partial charge in [-0.3, -0.25) is 0 Å². The maximum atomic E-state index is 9.30. The van der Waals surface area contributed by atoms with Crippen molar-refractivity contribution in [3.8, 4) is 17.1 Å². The SMILES string of the molecule is OCCn1nc(COc2ccccc2)nc1-c1ccc2n[nH]nc2c1. The molecule has 0 aliphatic carbocycles. The van der Waals surface area contributed by atoms with Gasteiger partial charge in [-0.15, -0.1) is 0 Å². The highest BCUT2D eigenvalue weighted by Crippen LogP contribution is 2.21. The largest absolute Gasteiger partial charge is 0.486 e. The molecule has 0 saturated carbocycles. The molecule has 2 heterocycles. The summed E-state index contributed by atoms with van der Waals surface area (Å²) in [7, 11) is 0. The third-order valence-electron chi connectivity index (χ3n) is 3.71. The van der Waals surface area contributed by atoms with Crippen molar-refractivity contribution in [2.24, 2.45) is 0 Å². The monoisotopic (exact) mass is 336 g/mol. The molecule has 2 N–H and O–H groups in total. The summed E-state index contributed by atoms with van der Waals surface area (Å²) in [5, 5.41) is 24.5. The van der Waals surface area contributed by atoms with E-state index in [-0.39, 0.29) is 13.2 Å². The number of H-pyrrole nitrogens is 1. The second kappa shape index (κ2) is 6.70. The van der Waals surface area contributed by atoms with E-state index in [1.165, 1.54) is 0 Å². The Hall–Kier alpha value is -3.26. The molecular formula is C17H16N6O2. The topological polar surface area (TPSA) is 102 Å². The second-order valence-corrected chi connectivity index (χ2v) is 5.43. The quantitative estimate of drug-likeness (QED) is 0.556. The molecule has 8 nitrogen and oxygen atoms in total. The van der Waals surface area contributed by atoms with Gasteiger partial charge in [0.05, 0.1) is 13.2 Å². The maximum Gasteiger partial charge on any atom is 0.188 e. The van der Waals surface area contributed by atoms with Crippen molar-refractivity contribution in [1.82, 2.24) is 30.2 Å². The van der Waals surface area contributed by atoms with Crippen LogP contribution in [0.15, 0.2) is 48.5 Å². The zero-order valence-electron chi connectivity index (χ0n) is 13.3. The van der Waals surface area contributed by atoms with Crippen LogP contribution in [0, 0.1) is 0 Å². The van der Waals surface area contributed by atoms with Crippen LogP contribution in [0.25, 0.3) is 22.4 Å². The molecule has 4 rings (SSSR count). The highest BCUT2D eigenvalue weighted by atomic mass is 16.5. The van der Waals surface area contributed by atoms with Crippen LogP contribution in [0.2, 0.25) is 0 Å². The zero-order chi connectivity index (χ0) is 17.1. The molecule has 2 aromatic carbocycles. The van der Waals surface area contributed by atoms with Gasteiger partial charge in [0.2, 0.25) is 0 Å². The Balaban J connectivity index is 1.63. The average Bonchev–Trinajstić information content (AvgIpc) is 3.27. The first-order chi connectivity index (χ1) is 12.3. The molecule has 0 spiro atoms. The molecule has 0 amide bonds. The molecule has 0 bridgehead atoms. The summed E-state index contributed by atoms with van der Waals surface area (Å²) in [5.74, 6) is 1.96. The zero-order valence-corrected chi connectivity index (χ0v) is 13.3. The van der Waals surface area contributed by atoms with Gasteiger partial charge in [-0.1, -0.05) is 18.2 Å². The smallest absolute Gasteiger partial charge is 0.188 e. The van der Waals surface area contributed by atoms with E-state index in [0.29, 0.717) is 18.2 Å². The number of ether oxygens (including phenoxy) is 1. The third-order valence-corrected chi connectivity index (χ3v) is 3.71. The van der Waals surface area contributed by atoms with Crippen molar-refractivity contribution in [3.05, 3.63) is 54.4 Å². The molecule has 0 saturated heterocycles. The van der Waals surface area contributed by atoms with Crippen LogP contribution in [0.5, 0.6) is 5.75 Å². The summed E-state index contributed by atoms with van der Waals surface area (Å²) in [4.78, 5) is 4.56. The minimum atomic E-state index is -0.0262. The van der Waals surface area contributed by atoms with Crippen LogP contribution in [-0.2, 0) is 13.2 Å². The Kier molecular flexibility index (Phi) is 4.09. The molecule has 0 aliphatic rings. The Labute approximate surface area is 143 Å². The Bertz CT molecular complexity index is 979. The van der Waals surface area contributed by atoms with Gasteiger partial charge in [0.15, 0.2) is 11.6 Å². The first kappa shape index (κ1) is 15.3. The van der Waals surface area contributed by atoms with E-state index in [4.69, 9.17) is 4.74 Å². The van der Waals surface area contributed by atoms with E-state index < -0.39 is 0 Å². The van der Waals surface area contributed by atoms with E-state index in [1.54, 1.807) is 4.68 Å². The van der Waals surface area contributed by atoms with Gasteiger partial charge >= 0.3 is 0 Å². The fourth-order valence-corrected chi connectivity index (χ4v) is 2.56. The molecule has 0 radical (unpaired) electrons. The lowest BCUT2D eigenvalue weighted by Gasteiger charge is -2.03. The maximum absolute atomic E-state index is 9.30. The van der Waals surface area contributed by atoms with E-state index in [2.05, 4.69) is 25.5 Å². The summed E-state index contributed by atoms with van der Waals surface area (Å²) in [6.07, 6.45) is 0. The van der Waals surface area contributed by atoms with Crippen molar-refractivity contribution < 1.29 is 9.84 Å². The van der Waals surface area contributed by atoms with E-state index in [1.807, 2.05) is 48.5 Å². The first-order valence-electron chi connectivity index (χ1n) is 7.87. The average molecular weight is 336 g/mol. The van der Waals surface area contributed by atoms with Gasteiger partial charge in [-0.05, 0) is 30.3 Å². The Morgan fingerprint density at radius 3 is 2.72 bits per heavy atom. The van der Waals surface area contributed by atoms with Gasteiger partial charge in [0, 0.05) is 5.56 Å². The van der Waals surface area contributed by atoms with Crippen molar-refractivity contribution >= 4 is 11.0 Å². The minimum absolute atomic E-state index is 0.0262. The fourth-order valence-electron chi connectivity index (χ4n) is 2.56. The van der Waals surface area contributed by atoms with Gasteiger partial charge in [0.25, 0.3) is 0 Å². The molecule has 126 valence electrons. The lowest BCUT2D eigenvalue weighted by molar-refractivity contribution is 0.266. The lowest BCUT2D eigenvalue weighted by Crippen LogP contribution is -2.06. The molecule has 0 atom stereocenters. The van der Waals surface area contributed by atoms with Gasteiger partial charge < -0.3 is 9.84 Å². The summed E-state index contributed by atoms with van der Waals surface area (Å²) < 4.78 is 7.38. The number of nitrogens with zero attached hydrogens (tertiary/aromatic N) is 5. The number of fused-ring (bicyclic) bond motifs is 1. The standard InChI is InChI=1S/C17H16N6O2/c24-9-8-23-17(12-6-7-14-15(10-12)20-22-19-14)18-16(21-23)11-25-13-4-2-1-3-5-13/h1-7,10,24H,8-9,11H2,(H,19,20,22). The number of benzene rings is 2. The highest BCUT2D eigenvalue weighted by Gasteiger charge is 2.13. The molecule has 25 heavy (non-hydrogen) atoms. The predicted molar refractivity (Wildman–Crippen MR) is 90.8 cm³/mol. The number of nitrogens with one attached hydrogen (secondary N) is 1. The van der Waals surface area contributed by atoms with Crippen molar-refractivity contribution in [3.63, 3.8) is 0 Å². The lowest BCUT2D eigenvalue weighted by atomic mass is 10.2. The molecule has 0 aliphatic heterocycles. The first-order valence-corrected chi connectivity index (χ1v) is 7.87. The molecule has 0 unspecified atom stereocenters. The van der Waals surface area contributed by atoms with Crippen molar-refractivity contribution in [1.29, 1.82) is 0 Å². The number of hydrogen-bond acceptors (Lipinski definition) is 6. The Morgan fingerprint density at radius 2 is 1.88 bits per heavy atom. The normalized spacial score (nSPS) is 11.1. The third kappa shape index (κ3) is 3.20. The fraction of sp³-hybridized carbons (Fsp3) is 0.176. The molecule has 2 aromatic heterocycles. The van der Waals surface area contributed by atoms with Crippen LogP contribution in [0.1, 0.15) is 5.82 Å². The number of para-hydroxylation sites is 1. The Morgan fingerprint density at radius 1 is 1.04 bits per heavy atom. The summed E-state index contributed by atoms with van der Waals surface area (Å²) in [5.41, 5.74) is 2.39. The minimum Gasteiger partial charge on any atom is -0.486 e.